The van der Waals surface area contributed by atoms with Crippen LogP contribution in [-0.4, -0.2) is 21.3 Å². The van der Waals surface area contributed by atoms with Gasteiger partial charge in [0.1, 0.15) is 17.3 Å². The van der Waals surface area contributed by atoms with E-state index in [0.717, 1.165) is 5.75 Å². The minimum Gasteiger partial charge on any atom is -0.497 e. The fourth-order valence-electron chi connectivity index (χ4n) is 2.29. The maximum Gasteiger partial charge on any atom is 0.222 e. The average Bonchev–Trinajstić information content (AvgIpc) is 2.62. The van der Waals surface area contributed by atoms with Crippen LogP contribution in [0.25, 0.3) is 0 Å². The van der Waals surface area contributed by atoms with E-state index in [1.807, 2.05) is 0 Å². The first kappa shape index (κ1) is 18.4. The van der Waals surface area contributed by atoms with Crippen LogP contribution in [0.4, 0.5) is 0 Å². The summed E-state index contributed by atoms with van der Waals surface area (Å²) in [5, 5.41) is 0.610. The zero-order valence-electron chi connectivity index (χ0n) is 14.3. The van der Waals surface area contributed by atoms with E-state index in [0.29, 0.717) is 33.1 Å². The molecule has 0 amide bonds. The van der Waals surface area contributed by atoms with Gasteiger partial charge in [0.15, 0.2) is 0 Å². The summed E-state index contributed by atoms with van der Waals surface area (Å²) >= 11 is 5.87. The van der Waals surface area contributed by atoms with E-state index in [9.17, 15) is 4.21 Å². The second-order valence-corrected chi connectivity index (χ2v) is 7.35. The average molecular weight is 389 g/mol. The molecule has 0 saturated heterocycles. The Labute approximate surface area is 159 Å². The Morgan fingerprint density at radius 3 is 2.31 bits per heavy atom. The summed E-state index contributed by atoms with van der Waals surface area (Å²) in [5.41, 5.74) is 0.647. The molecule has 0 aliphatic heterocycles. The van der Waals surface area contributed by atoms with E-state index in [4.69, 9.17) is 21.1 Å². The highest BCUT2D eigenvalue weighted by Crippen LogP contribution is 2.24. The van der Waals surface area contributed by atoms with E-state index in [2.05, 4.69) is 9.97 Å². The summed E-state index contributed by atoms with van der Waals surface area (Å²) < 4.78 is 23.4. The Hall–Kier alpha value is -2.44. The fraction of sp³-hybridized carbons (Fsp3) is 0.158. The zero-order chi connectivity index (χ0) is 18.5. The molecule has 1 atom stereocenters. The highest BCUT2D eigenvalue weighted by molar-refractivity contribution is 7.84. The fourth-order valence-corrected chi connectivity index (χ4v) is 3.44. The molecule has 0 radical (unpaired) electrons. The van der Waals surface area contributed by atoms with Gasteiger partial charge in [-0.15, -0.1) is 0 Å². The van der Waals surface area contributed by atoms with Crippen molar-refractivity contribution in [1.82, 2.24) is 9.97 Å². The number of ether oxygens (including phenoxy) is 2. The minimum atomic E-state index is -1.23. The van der Waals surface area contributed by atoms with Gasteiger partial charge in [0, 0.05) is 16.0 Å². The van der Waals surface area contributed by atoms with Crippen molar-refractivity contribution < 1.29 is 13.7 Å². The van der Waals surface area contributed by atoms with Crippen LogP contribution < -0.4 is 9.47 Å². The molecular weight excluding hydrogens is 372 g/mol. The van der Waals surface area contributed by atoms with E-state index in [1.165, 1.54) is 0 Å². The lowest BCUT2D eigenvalue weighted by atomic mass is 10.3. The summed E-state index contributed by atoms with van der Waals surface area (Å²) in [7, 11) is 0.377. The second kappa shape index (κ2) is 8.29. The van der Waals surface area contributed by atoms with Gasteiger partial charge in [0.05, 0.1) is 29.4 Å². The smallest absolute Gasteiger partial charge is 0.222 e. The summed E-state index contributed by atoms with van der Waals surface area (Å²) in [5.74, 6) is 2.61. The summed E-state index contributed by atoms with van der Waals surface area (Å²) in [6, 6.07) is 15.8. The molecule has 0 aliphatic rings. The highest BCUT2D eigenvalue weighted by Gasteiger charge is 2.10. The van der Waals surface area contributed by atoms with E-state index in [1.54, 1.807) is 68.6 Å². The summed E-state index contributed by atoms with van der Waals surface area (Å²) in [4.78, 5) is 9.34. The molecule has 134 valence electrons. The van der Waals surface area contributed by atoms with Crippen LogP contribution in [0, 0.1) is 6.92 Å². The summed E-state index contributed by atoms with van der Waals surface area (Å²) in [6.07, 6.45) is 0. The Bertz CT molecular complexity index is 915. The van der Waals surface area contributed by atoms with Gasteiger partial charge < -0.3 is 9.47 Å². The van der Waals surface area contributed by atoms with Crippen molar-refractivity contribution in [3.05, 3.63) is 71.1 Å². The molecular formula is C19H17ClN2O3S. The highest BCUT2D eigenvalue weighted by atomic mass is 35.5. The topological polar surface area (TPSA) is 61.3 Å². The molecule has 2 aromatic carbocycles. The van der Waals surface area contributed by atoms with E-state index < -0.39 is 10.8 Å². The van der Waals surface area contributed by atoms with E-state index in [-0.39, 0.29) is 5.75 Å². The molecule has 0 bridgehead atoms. The largest absolute Gasteiger partial charge is 0.497 e. The first-order valence-corrected chi connectivity index (χ1v) is 9.53. The summed E-state index contributed by atoms with van der Waals surface area (Å²) in [6.45, 7) is 1.77. The normalized spacial score (nSPS) is 11.8. The molecule has 5 nitrogen and oxygen atoms in total. The Balaban J connectivity index is 1.76. The van der Waals surface area contributed by atoms with Crippen LogP contribution in [0.1, 0.15) is 11.5 Å². The van der Waals surface area contributed by atoms with Crippen LogP contribution in [0.3, 0.4) is 0 Å². The SMILES string of the molecule is COc1ccc(Oc2cc(C[S@](=O)c3ccc(Cl)cc3)nc(C)n2)cc1. The van der Waals surface area contributed by atoms with Gasteiger partial charge >= 0.3 is 0 Å². The molecule has 7 heteroatoms. The van der Waals surface area contributed by atoms with Crippen molar-refractivity contribution >= 4 is 22.4 Å². The predicted octanol–water partition coefficient (Wildman–Crippen LogP) is 4.55. The Kier molecular flexibility index (Phi) is 5.85. The van der Waals surface area contributed by atoms with Gasteiger partial charge in [0.25, 0.3) is 0 Å². The van der Waals surface area contributed by atoms with E-state index >= 15 is 0 Å². The molecule has 3 rings (SSSR count). The zero-order valence-corrected chi connectivity index (χ0v) is 15.9. The monoisotopic (exact) mass is 388 g/mol. The molecule has 1 heterocycles. The number of hydrogen-bond donors (Lipinski definition) is 0. The van der Waals surface area contributed by atoms with Crippen molar-refractivity contribution in [2.24, 2.45) is 0 Å². The Morgan fingerprint density at radius 1 is 1.00 bits per heavy atom. The quantitative estimate of drug-likeness (QED) is 0.620. The van der Waals surface area contributed by atoms with Crippen LogP contribution in [0.15, 0.2) is 59.5 Å². The van der Waals surface area contributed by atoms with Crippen LogP contribution >= 0.6 is 11.6 Å². The molecule has 26 heavy (non-hydrogen) atoms. The van der Waals surface area contributed by atoms with Crippen molar-refractivity contribution in [3.63, 3.8) is 0 Å². The molecule has 3 aromatic rings. The first-order valence-electron chi connectivity index (χ1n) is 7.84. The third-order valence-electron chi connectivity index (χ3n) is 3.50. The standard InChI is InChI=1S/C19H17ClN2O3S/c1-13-21-15(12-26(23)18-9-3-14(20)4-10-18)11-19(22-13)25-17-7-5-16(24-2)6-8-17/h3-11H,12H2,1-2H3/t26-/m0/s1. The van der Waals surface area contributed by atoms with Gasteiger partial charge in [-0.3, -0.25) is 4.21 Å². The number of methoxy groups -OCH3 is 1. The van der Waals surface area contributed by atoms with Crippen molar-refractivity contribution in [1.29, 1.82) is 0 Å². The maximum atomic E-state index is 12.5. The number of halogens is 1. The van der Waals surface area contributed by atoms with Gasteiger partial charge in [-0.1, -0.05) is 11.6 Å². The van der Waals surface area contributed by atoms with Gasteiger partial charge in [-0.05, 0) is 55.5 Å². The van der Waals surface area contributed by atoms with Gasteiger partial charge in [-0.2, -0.15) is 4.98 Å². The molecule has 0 N–H and O–H groups in total. The second-order valence-electron chi connectivity index (χ2n) is 5.47. The van der Waals surface area contributed by atoms with Crippen molar-refractivity contribution in [2.75, 3.05) is 7.11 Å². The number of rotatable bonds is 6. The van der Waals surface area contributed by atoms with Crippen LogP contribution in [0.2, 0.25) is 5.02 Å². The van der Waals surface area contributed by atoms with Crippen LogP contribution in [-0.2, 0) is 16.6 Å². The first-order chi connectivity index (χ1) is 12.5. The minimum absolute atomic E-state index is 0.268. The lowest BCUT2D eigenvalue weighted by molar-refractivity contribution is 0.412. The van der Waals surface area contributed by atoms with Gasteiger partial charge in [-0.25, -0.2) is 4.98 Å². The lowest BCUT2D eigenvalue weighted by Gasteiger charge is -2.09. The number of aryl methyl sites for hydroxylation is 1. The molecule has 0 unspecified atom stereocenters. The number of aromatic nitrogens is 2. The molecule has 0 aliphatic carbocycles. The predicted molar refractivity (Wildman–Crippen MR) is 101 cm³/mol. The maximum absolute atomic E-state index is 12.5. The molecule has 0 spiro atoms. The van der Waals surface area contributed by atoms with Crippen molar-refractivity contribution in [2.45, 2.75) is 17.6 Å². The third kappa shape index (κ3) is 4.80. The van der Waals surface area contributed by atoms with Crippen LogP contribution in [0.5, 0.6) is 17.4 Å². The molecule has 1 aromatic heterocycles. The Morgan fingerprint density at radius 2 is 1.65 bits per heavy atom. The molecule has 0 saturated carbocycles. The van der Waals surface area contributed by atoms with Gasteiger partial charge in [0.2, 0.25) is 5.88 Å². The van der Waals surface area contributed by atoms with Crippen molar-refractivity contribution in [3.8, 4) is 17.4 Å². The number of nitrogens with zero attached hydrogens (tertiary/aromatic N) is 2. The number of hydrogen-bond acceptors (Lipinski definition) is 5. The third-order valence-corrected chi connectivity index (χ3v) is 5.11. The number of benzene rings is 2. The lowest BCUT2D eigenvalue weighted by Crippen LogP contribution is -2.02. The molecule has 0 fully saturated rings.